The summed E-state index contributed by atoms with van der Waals surface area (Å²) in [5.41, 5.74) is 0.966. The molecule has 2 amide bonds. The van der Waals surface area contributed by atoms with E-state index in [-0.39, 0.29) is 18.4 Å². The summed E-state index contributed by atoms with van der Waals surface area (Å²) in [4.78, 5) is 28.9. The molecule has 20 heavy (non-hydrogen) atoms. The first-order valence-electron chi connectivity index (χ1n) is 6.15. The summed E-state index contributed by atoms with van der Waals surface area (Å²) < 4.78 is 0. The highest BCUT2D eigenvalue weighted by Gasteiger charge is 2.09. The maximum Gasteiger partial charge on any atom is 0.261 e. The molecule has 0 unspecified atom stereocenters. The summed E-state index contributed by atoms with van der Waals surface area (Å²) in [7, 11) is 0. The largest absolute Gasteiger partial charge is 0.350 e. The Balaban J connectivity index is 1.74. The Kier molecular flexibility index (Phi) is 4.84. The molecule has 0 saturated carbocycles. The second kappa shape index (κ2) is 6.81. The van der Waals surface area contributed by atoms with Gasteiger partial charge in [-0.15, -0.1) is 11.3 Å². The molecule has 2 aromatic rings. The molecule has 6 heteroatoms. The second-order valence-corrected chi connectivity index (χ2v) is 5.51. The fourth-order valence-corrected chi connectivity index (χ4v) is 2.35. The molecular weight excluding hydrogens is 274 g/mol. The van der Waals surface area contributed by atoms with Gasteiger partial charge in [-0.05, 0) is 36.8 Å². The molecule has 0 aliphatic carbocycles. The second-order valence-electron chi connectivity index (χ2n) is 4.23. The third kappa shape index (κ3) is 4.17. The van der Waals surface area contributed by atoms with E-state index < -0.39 is 0 Å². The molecule has 104 valence electrons. The fraction of sp³-hybridized carbons (Fsp3) is 0.214. The van der Waals surface area contributed by atoms with E-state index in [9.17, 15) is 9.59 Å². The number of amides is 2. The highest BCUT2D eigenvalue weighted by atomic mass is 32.1. The smallest absolute Gasteiger partial charge is 0.261 e. The first kappa shape index (κ1) is 14.2. The van der Waals surface area contributed by atoms with Crippen molar-refractivity contribution in [3.63, 3.8) is 0 Å². The van der Waals surface area contributed by atoms with Crippen molar-refractivity contribution in [2.24, 2.45) is 0 Å². The zero-order chi connectivity index (χ0) is 14.4. The van der Waals surface area contributed by atoms with Gasteiger partial charge in [0.05, 0.1) is 11.4 Å². The van der Waals surface area contributed by atoms with E-state index in [0.717, 1.165) is 10.4 Å². The molecule has 0 fully saturated rings. The molecule has 5 nitrogen and oxygen atoms in total. The topological polar surface area (TPSA) is 71.1 Å². The van der Waals surface area contributed by atoms with Crippen molar-refractivity contribution in [2.45, 2.75) is 13.5 Å². The summed E-state index contributed by atoms with van der Waals surface area (Å²) in [5.74, 6) is -0.439. The van der Waals surface area contributed by atoms with Crippen molar-refractivity contribution in [1.82, 2.24) is 15.6 Å². The van der Waals surface area contributed by atoms with Crippen LogP contribution >= 0.6 is 11.3 Å². The van der Waals surface area contributed by atoms with Crippen LogP contribution in [0.3, 0.4) is 0 Å². The average Bonchev–Trinajstić information content (AvgIpc) is 2.90. The molecule has 0 saturated heterocycles. The summed E-state index contributed by atoms with van der Waals surface area (Å²) in [6, 6.07) is 7.29. The number of carbonyl (C=O) groups is 2. The van der Waals surface area contributed by atoms with Gasteiger partial charge in [0.15, 0.2) is 0 Å². The number of aryl methyl sites for hydroxylation is 1. The number of nitrogens with zero attached hydrogens (tertiary/aromatic N) is 1. The number of hydrogen-bond acceptors (Lipinski definition) is 4. The monoisotopic (exact) mass is 289 g/mol. The van der Waals surface area contributed by atoms with Gasteiger partial charge in [-0.1, -0.05) is 0 Å². The molecule has 0 radical (unpaired) electrons. The fourth-order valence-electron chi connectivity index (χ4n) is 1.57. The van der Waals surface area contributed by atoms with Crippen LogP contribution in [0.2, 0.25) is 0 Å². The van der Waals surface area contributed by atoms with Crippen molar-refractivity contribution < 1.29 is 9.59 Å². The number of rotatable bonds is 5. The number of hydrogen-bond donors (Lipinski definition) is 2. The third-order valence-corrected chi connectivity index (χ3v) is 3.61. The summed E-state index contributed by atoms with van der Waals surface area (Å²) >= 11 is 1.41. The first-order valence-corrected chi connectivity index (χ1v) is 6.97. The minimum atomic E-state index is -0.220. The van der Waals surface area contributed by atoms with Gasteiger partial charge in [-0.2, -0.15) is 0 Å². The Labute approximate surface area is 121 Å². The molecule has 0 atom stereocenters. The Bertz CT molecular complexity index is 595. The Hall–Kier alpha value is -2.21. The number of pyridine rings is 1. The molecule has 0 bridgehead atoms. The average molecular weight is 289 g/mol. The molecule has 2 rings (SSSR count). The zero-order valence-electron chi connectivity index (χ0n) is 11.1. The van der Waals surface area contributed by atoms with Crippen LogP contribution in [-0.2, 0) is 11.3 Å². The molecule has 0 aromatic carbocycles. The first-order chi connectivity index (χ1) is 9.65. The van der Waals surface area contributed by atoms with Crippen LogP contribution in [0.15, 0.2) is 36.7 Å². The summed E-state index contributed by atoms with van der Waals surface area (Å²) in [6.45, 7) is 2.33. The Morgan fingerprint density at radius 2 is 1.90 bits per heavy atom. The van der Waals surface area contributed by atoms with Crippen LogP contribution in [0.5, 0.6) is 0 Å². The van der Waals surface area contributed by atoms with E-state index in [0.29, 0.717) is 11.4 Å². The quantitative estimate of drug-likeness (QED) is 0.876. The van der Waals surface area contributed by atoms with Gasteiger partial charge >= 0.3 is 0 Å². The Morgan fingerprint density at radius 3 is 2.55 bits per heavy atom. The van der Waals surface area contributed by atoms with Gasteiger partial charge in [0.25, 0.3) is 5.91 Å². The van der Waals surface area contributed by atoms with Crippen molar-refractivity contribution in [1.29, 1.82) is 0 Å². The van der Waals surface area contributed by atoms with Crippen molar-refractivity contribution >= 4 is 23.2 Å². The van der Waals surface area contributed by atoms with Crippen LogP contribution in [0.4, 0.5) is 0 Å². The standard InChI is InChI=1S/C14H15N3O2S/c1-10-2-3-12(20-10)14(19)17-9-13(18)16-8-11-4-6-15-7-5-11/h2-7H,8-9H2,1H3,(H,16,18)(H,17,19). The maximum atomic E-state index is 11.7. The molecule has 2 aromatic heterocycles. The lowest BCUT2D eigenvalue weighted by Crippen LogP contribution is -2.36. The molecule has 2 heterocycles. The molecule has 0 spiro atoms. The summed E-state index contributed by atoms with van der Waals surface area (Å²) in [5, 5.41) is 5.33. The van der Waals surface area contributed by atoms with Crippen LogP contribution in [0.25, 0.3) is 0 Å². The lowest BCUT2D eigenvalue weighted by Gasteiger charge is -2.06. The van der Waals surface area contributed by atoms with Crippen LogP contribution in [-0.4, -0.2) is 23.3 Å². The van der Waals surface area contributed by atoms with E-state index >= 15 is 0 Å². The minimum absolute atomic E-state index is 0.0269. The number of carbonyl (C=O) groups excluding carboxylic acids is 2. The van der Waals surface area contributed by atoms with Crippen molar-refractivity contribution in [3.05, 3.63) is 52.0 Å². The lowest BCUT2D eigenvalue weighted by molar-refractivity contribution is -0.120. The number of thiophene rings is 1. The molecule has 0 aliphatic rings. The molecule has 2 N–H and O–H groups in total. The van der Waals surface area contributed by atoms with E-state index in [1.54, 1.807) is 18.5 Å². The number of nitrogens with one attached hydrogen (secondary N) is 2. The van der Waals surface area contributed by atoms with E-state index in [2.05, 4.69) is 15.6 Å². The van der Waals surface area contributed by atoms with Crippen LogP contribution < -0.4 is 10.6 Å². The SMILES string of the molecule is Cc1ccc(C(=O)NCC(=O)NCc2ccncc2)s1. The molecular formula is C14H15N3O2S. The molecule has 0 aliphatic heterocycles. The predicted octanol–water partition coefficient (Wildman–Crippen LogP) is 1.50. The minimum Gasteiger partial charge on any atom is -0.350 e. The van der Waals surface area contributed by atoms with Gasteiger partial charge in [0.2, 0.25) is 5.91 Å². The third-order valence-electron chi connectivity index (χ3n) is 2.61. The van der Waals surface area contributed by atoms with Crippen LogP contribution in [0, 0.1) is 6.92 Å². The zero-order valence-corrected chi connectivity index (χ0v) is 11.9. The van der Waals surface area contributed by atoms with E-state index in [1.165, 1.54) is 11.3 Å². The van der Waals surface area contributed by atoms with E-state index in [1.807, 2.05) is 25.1 Å². The van der Waals surface area contributed by atoms with Gasteiger partial charge < -0.3 is 10.6 Å². The number of aromatic nitrogens is 1. The van der Waals surface area contributed by atoms with Crippen molar-refractivity contribution in [2.75, 3.05) is 6.54 Å². The van der Waals surface area contributed by atoms with Gasteiger partial charge in [0, 0.05) is 23.8 Å². The van der Waals surface area contributed by atoms with Crippen molar-refractivity contribution in [3.8, 4) is 0 Å². The van der Waals surface area contributed by atoms with E-state index in [4.69, 9.17) is 0 Å². The van der Waals surface area contributed by atoms with Gasteiger partial charge in [-0.3, -0.25) is 14.6 Å². The lowest BCUT2D eigenvalue weighted by atomic mass is 10.3. The van der Waals surface area contributed by atoms with Crippen LogP contribution in [0.1, 0.15) is 20.1 Å². The highest BCUT2D eigenvalue weighted by molar-refractivity contribution is 7.13. The highest BCUT2D eigenvalue weighted by Crippen LogP contribution is 2.14. The predicted molar refractivity (Wildman–Crippen MR) is 77.5 cm³/mol. The van der Waals surface area contributed by atoms with Gasteiger partial charge in [0.1, 0.15) is 0 Å². The summed E-state index contributed by atoms with van der Waals surface area (Å²) in [6.07, 6.45) is 3.34. The van der Waals surface area contributed by atoms with Gasteiger partial charge in [-0.25, -0.2) is 0 Å². The Morgan fingerprint density at radius 1 is 1.15 bits per heavy atom. The maximum absolute atomic E-state index is 11.7. The normalized spacial score (nSPS) is 10.1.